The van der Waals surface area contributed by atoms with E-state index in [2.05, 4.69) is 17.0 Å². The monoisotopic (exact) mass is 429 g/mol. The molecular weight excluding hydrogens is 406 g/mol. The number of rotatable bonds is 4. The third-order valence-corrected chi connectivity index (χ3v) is 6.79. The minimum absolute atomic E-state index is 0.245. The number of anilines is 2. The van der Waals surface area contributed by atoms with Gasteiger partial charge < -0.3 is 9.80 Å². The molecule has 0 aliphatic carbocycles. The van der Waals surface area contributed by atoms with Crippen molar-refractivity contribution in [1.82, 2.24) is 4.90 Å². The highest BCUT2D eigenvalue weighted by atomic mass is 32.1. The van der Waals surface area contributed by atoms with Crippen LogP contribution in [0.3, 0.4) is 0 Å². The zero-order chi connectivity index (χ0) is 21.5. The van der Waals surface area contributed by atoms with Crippen LogP contribution in [0.5, 0.6) is 0 Å². The van der Waals surface area contributed by atoms with Crippen LogP contribution in [-0.2, 0) is 22.6 Å². The number of carbonyl (C=O) groups is 2. The Morgan fingerprint density at radius 3 is 2.29 bits per heavy atom. The Morgan fingerprint density at radius 2 is 1.61 bits per heavy atom. The van der Waals surface area contributed by atoms with Crippen molar-refractivity contribution in [2.45, 2.75) is 13.0 Å². The van der Waals surface area contributed by atoms with E-state index in [0.29, 0.717) is 30.0 Å². The maximum atomic E-state index is 13.7. The number of carbonyl (C=O) groups excluding carboxylic acids is 2. The molecule has 0 unspecified atom stereocenters. The summed E-state index contributed by atoms with van der Waals surface area (Å²) >= 11 is 1.49. The molecule has 0 atom stereocenters. The highest BCUT2D eigenvalue weighted by Gasteiger charge is 2.43. The highest BCUT2D eigenvalue weighted by molar-refractivity contribution is 7.11. The van der Waals surface area contributed by atoms with E-state index < -0.39 is 0 Å². The summed E-state index contributed by atoms with van der Waals surface area (Å²) in [6, 6.07) is 19.7. The summed E-state index contributed by atoms with van der Waals surface area (Å²) in [4.78, 5) is 33.4. The zero-order valence-corrected chi connectivity index (χ0v) is 18.4. The summed E-state index contributed by atoms with van der Waals surface area (Å²) in [5, 5.41) is 1.94. The van der Waals surface area contributed by atoms with Crippen LogP contribution in [0.2, 0.25) is 0 Å². The van der Waals surface area contributed by atoms with Gasteiger partial charge in [-0.25, -0.2) is 4.90 Å². The minimum atomic E-state index is -0.251. The molecule has 156 valence electrons. The maximum absolute atomic E-state index is 13.7. The van der Waals surface area contributed by atoms with Crippen molar-refractivity contribution >= 4 is 40.1 Å². The lowest BCUT2D eigenvalue weighted by Gasteiger charge is -2.31. The molecule has 0 saturated heterocycles. The number of benzene rings is 2. The van der Waals surface area contributed by atoms with Crippen molar-refractivity contribution in [2.75, 3.05) is 30.4 Å². The van der Waals surface area contributed by atoms with E-state index in [1.165, 1.54) is 27.4 Å². The molecule has 5 nitrogen and oxygen atoms in total. The van der Waals surface area contributed by atoms with Gasteiger partial charge in [0, 0.05) is 37.7 Å². The highest BCUT2D eigenvalue weighted by Crippen LogP contribution is 2.38. The van der Waals surface area contributed by atoms with Crippen molar-refractivity contribution in [2.24, 2.45) is 0 Å². The van der Waals surface area contributed by atoms with Gasteiger partial charge >= 0.3 is 0 Å². The molecule has 6 heteroatoms. The van der Waals surface area contributed by atoms with Crippen LogP contribution in [0.4, 0.5) is 11.4 Å². The van der Waals surface area contributed by atoms with Crippen LogP contribution >= 0.6 is 11.3 Å². The Hall–Kier alpha value is -3.38. The van der Waals surface area contributed by atoms with Crippen LogP contribution in [-0.4, -0.2) is 37.4 Å². The van der Waals surface area contributed by atoms with E-state index in [1.807, 2.05) is 72.9 Å². The number of fused-ring (bicyclic) bond motifs is 1. The normalized spacial score (nSPS) is 16.2. The molecule has 3 heterocycles. The first kappa shape index (κ1) is 19.6. The average Bonchev–Trinajstić information content (AvgIpc) is 3.39. The number of amides is 2. The molecule has 0 saturated carbocycles. The number of hydrogen-bond donors (Lipinski definition) is 0. The van der Waals surface area contributed by atoms with E-state index in [9.17, 15) is 9.59 Å². The summed E-state index contributed by atoms with van der Waals surface area (Å²) in [7, 11) is 3.92. The van der Waals surface area contributed by atoms with Gasteiger partial charge in [0.05, 0.1) is 11.3 Å². The van der Waals surface area contributed by atoms with E-state index in [0.717, 1.165) is 17.0 Å². The Kier molecular flexibility index (Phi) is 4.87. The molecule has 3 aromatic rings. The van der Waals surface area contributed by atoms with Gasteiger partial charge in [-0.05, 0) is 53.3 Å². The molecule has 2 aliphatic heterocycles. The SMILES string of the molecule is CN(C)c1ccc(N2C(=O)C(c3cccs3)=C(N3CCc4ccccc4C3)C2=O)cc1. The van der Waals surface area contributed by atoms with Gasteiger partial charge in [0.2, 0.25) is 0 Å². The Bertz CT molecular complexity index is 1180. The summed E-state index contributed by atoms with van der Waals surface area (Å²) in [6.07, 6.45) is 0.858. The molecule has 0 bridgehead atoms. The first-order chi connectivity index (χ1) is 15.0. The number of thiophene rings is 1. The van der Waals surface area contributed by atoms with Gasteiger partial charge in [-0.15, -0.1) is 11.3 Å². The van der Waals surface area contributed by atoms with Crippen molar-refractivity contribution in [3.63, 3.8) is 0 Å². The lowest BCUT2D eigenvalue weighted by molar-refractivity contribution is -0.120. The van der Waals surface area contributed by atoms with E-state index in [-0.39, 0.29) is 11.8 Å². The van der Waals surface area contributed by atoms with Gasteiger partial charge in [-0.2, -0.15) is 0 Å². The van der Waals surface area contributed by atoms with E-state index in [4.69, 9.17) is 0 Å². The van der Waals surface area contributed by atoms with Crippen molar-refractivity contribution in [3.8, 4) is 0 Å². The number of imide groups is 1. The second-order valence-corrected chi connectivity index (χ2v) is 8.95. The van der Waals surface area contributed by atoms with Crippen LogP contribution in [0, 0.1) is 0 Å². The van der Waals surface area contributed by atoms with Gasteiger partial charge in [0.15, 0.2) is 0 Å². The van der Waals surface area contributed by atoms with Gasteiger partial charge in [-0.1, -0.05) is 30.3 Å². The van der Waals surface area contributed by atoms with Crippen LogP contribution < -0.4 is 9.80 Å². The third-order valence-electron chi connectivity index (χ3n) is 5.90. The second kappa shape index (κ2) is 7.71. The van der Waals surface area contributed by atoms with E-state index >= 15 is 0 Å². The molecule has 5 rings (SSSR count). The lowest BCUT2D eigenvalue weighted by atomic mass is 9.99. The van der Waals surface area contributed by atoms with Gasteiger partial charge in [0.25, 0.3) is 11.8 Å². The first-order valence-electron chi connectivity index (χ1n) is 10.3. The maximum Gasteiger partial charge on any atom is 0.282 e. The predicted octanol–water partition coefficient (Wildman–Crippen LogP) is 4.16. The van der Waals surface area contributed by atoms with Crippen molar-refractivity contribution in [1.29, 1.82) is 0 Å². The fourth-order valence-electron chi connectivity index (χ4n) is 4.28. The van der Waals surface area contributed by atoms with Gasteiger partial charge in [-0.3, -0.25) is 9.59 Å². The standard InChI is InChI=1S/C25H23N3O2S/c1-26(2)19-9-11-20(12-10-19)28-24(29)22(21-8-5-15-31-21)23(25(28)30)27-14-13-17-6-3-4-7-18(17)16-27/h3-12,15H,13-14,16H2,1-2H3. The molecular formula is C25H23N3O2S. The lowest BCUT2D eigenvalue weighted by Crippen LogP contribution is -2.37. The van der Waals surface area contributed by atoms with Crippen LogP contribution in [0.25, 0.3) is 5.57 Å². The average molecular weight is 430 g/mol. The molecule has 0 radical (unpaired) electrons. The zero-order valence-electron chi connectivity index (χ0n) is 17.5. The quantitative estimate of drug-likeness (QED) is 0.585. The van der Waals surface area contributed by atoms with Gasteiger partial charge in [0.1, 0.15) is 5.70 Å². The molecule has 31 heavy (non-hydrogen) atoms. The Labute approximate surface area is 185 Å². The smallest absolute Gasteiger partial charge is 0.282 e. The summed E-state index contributed by atoms with van der Waals surface area (Å²) < 4.78 is 0. The topological polar surface area (TPSA) is 43.9 Å². The van der Waals surface area contributed by atoms with Crippen molar-refractivity contribution < 1.29 is 9.59 Å². The molecule has 1 aromatic heterocycles. The Morgan fingerprint density at radius 1 is 0.871 bits per heavy atom. The second-order valence-electron chi connectivity index (χ2n) is 8.00. The van der Waals surface area contributed by atoms with Crippen molar-refractivity contribution in [3.05, 3.63) is 87.7 Å². The molecule has 0 fully saturated rings. The largest absolute Gasteiger partial charge is 0.378 e. The van der Waals surface area contributed by atoms with Crippen LogP contribution in [0.1, 0.15) is 16.0 Å². The number of hydrogen-bond acceptors (Lipinski definition) is 5. The fourth-order valence-corrected chi connectivity index (χ4v) is 5.04. The summed E-state index contributed by atoms with van der Waals surface area (Å²) in [5.74, 6) is -0.496. The summed E-state index contributed by atoms with van der Waals surface area (Å²) in [6.45, 7) is 1.35. The van der Waals surface area contributed by atoms with E-state index in [1.54, 1.807) is 0 Å². The summed E-state index contributed by atoms with van der Waals surface area (Å²) in [5.41, 5.74) is 5.16. The Balaban J connectivity index is 1.56. The third kappa shape index (κ3) is 3.33. The molecule has 2 amide bonds. The minimum Gasteiger partial charge on any atom is -0.378 e. The van der Waals surface area contributed by atoms with Crippen LogP contribution in [0.15, 0.2) is 71.7 Å². The molecule has 2 aliphatic rings. The molecule has 0 spiro atoms. The number of nitrogens with zero attached hydrogens (tertiary/aromatic N) is 3. The fraction of sp³-hybridized carbons (Fsp3) is 0.200. The first-order valence-corrected chi connectivity index (χ1v) is 11.2. The predicted molar refractivity (Wildman–Crippen MR) is 125 cm³/mol. The molecule has 0 N–H and O–H groups in total. The molecule has 2 aromatic carbocycles.